The molecule has 0 fully saturated rings. The van der Waals surface area contributed by atoms with Crippen LogP contribution in [0.15, 0.2) is 28.4 Å². The number of carbonyl (C=O) groups excluding carboxylic acids is 2. The normalized spacial score (nSPS) is 10.9. The number of esters is 1. The molecule has 3 N–H and O–H groups in total. The van der Waals surface area contributed by atoms with Gasteiger partial charge in [0.2, 0.25) is 0 Å². The van der Waals surface area contributed by atoms with Gasteiger partial charge in [-0.05, 0) is 26.0 Å². The number of rotatable bonds is 9. The monoisotopic (exact) mass is 424 g/mol. The SMILES string of the molecule is CCOC(=O)CN(CCc1[nH]nc(N)c1N=Nc1ccc(F)c(F)c1)C(=O)OCC. The van der Waals surface area contributed by atoms with Gasteiger partial charge >= 0.3 is 12.1 Å². The summed E-state index contributed by atoms with van der Waals surface area (Å²) in [6, 6.07) is 3.06. The molecule has 12 heteroatoms. The van der Waals surface area contributed by atoms with Crippen molar-refractivity contribution in [3.8, 4) is 0 Å². The van der Waals surface area contributed by atoms with Crippen LogP contribution in [0, 0.1) is 11.6 Å². The first-order valence-corrected chi connectivity index (χ1v) is 9.12. The lowest BCUT2D eigenvalue weighted by Crippen LogP contribution is -2.38. The number of aromatic nitrogens is 2. The molecule has 162 valence electrons. The molecule has 0 aliphatic rings. The summed E-state index contributed by atoms with van der Waals surface area (Å²) in [6.45, 7) is 3.41. The Kier molecular flexibility index (Phi) is 8.20. The zero-order valence-corrected chi connectivity index (χ0v) is 16.5. The lowest BCUT2D eigenvalue weighted by molar-refractivity contribution is -0.144. The third-order valence-electron chi connectivity index (χ3n) is 3.79. The number of carbonyl (C=O) groups is 2. The van der Waals surface area contributed by atoms with Gasteiger partial charge in [-0.25, -0.2) is 13.6 Å². The van der Waals surface area contributed by atoms with Gasteiger partial charge in [0.25, 0.3) is 0 Å². The zero-order valence-electron chi connectivity index (χ0n) is 16.5. The van der Waals surface area contributed by atoms with Crippen molar-refractivity contribution in [2.45, 2.75) is 20.3 Å². The van der Waals surface area contributed by atoms with E-state index in [2.05, 4.69) is 20.4 Å². The maximum atomic E-state index is 13.3. The number of anilines is 1. The van der Waals surface area contributed by atoms with Crippen molar-refractivity contribution in [2.75, 3.05) is 32.0 Å². The Labute approximate surface area is 171 Å². The number of nitrogen functional groups attached to an aromatic ring is 1. The van der Waals surface area contributed by atoms with Crippen LogP contribution in [0.4, 0.5) is 30.8 Å². The summed E-state index contributed by atoms with van der Waals surface area (Å²) in [5, 5.41) is 14.3. The van der Waals surface area contributed by atoms with Gasteiger partial charge < -0.3 is 15.2 Å². The molecule has 30 heavy (non-hydrogen) atoms. The van der Waals surface area contributed by atoms with Crippen molar-refractivity contribution in [3.05, 3.63) is 35.5 Å². The number of hydrogen-bond donors (Lipinski definition) is 2. The summed E-state index contributed by atoms with van der Waals surface area (Å²) in [6.07, 6.45) is -0.489. The first-order chi connectivity index (χ1) is 14.3. The minimum absolute atomic E-state index is 0.0319. The lowest BCUT2D eigenvalue weighted by atomic mass is 10.2. The Morgan fingerprint density at radius 2 is 1.90 bits per heavy atom. The van der Waals surface area contributed by atoms with Crippen LogP contribution in [0.5, 0.6) is 0 Å². The number of halogens is 2. The number of nitrogens with zero attached hydrogens (tertiary/aromatic N) is 4. The molecule has 1 aromatic carbocycles. The first kappa shape index (κ1) is 22.7. The van der Waals surface area contributed by atoms with E-state index < -0.39 is 23.7 Å². The van der Waals surface area contributed by atoms with Crippen LogP contribution in [-0.2, 0) is 20.7 Å². The second-order valence-corrected chi connectivity index (χ2v) is 5.91. The van der Waals surface area contributed by atoms with Crippen LogP contribution in [0.1, 0.15) is 19.5 Å². The van der Waals surface area contributed by atoms with Crippen molar-refractivity contribution in [3.63, 3.8) is 0 Å². The van der Waals surface area contributed by atoms with E-state index in [-0.39, 0.29) is 49.9 Å². The topological polar surface area (TPSA) is 135 Å². The molecule has 2 aromatic rings. The zero-order chi connectivity index (χ0) is 22.1. The second-order valence-electron chi connectivity index (χ2n) is 5.91. The van der Waals surface area contributed by atoms with E-state index in [4.69, 9.17) is 15.2 Å². The molecule has 10 nitrogen and oxygen atoms in total. The van der Waals surface area contributed by atoms with Crippen LogP contribution in [0.3, 0.4) is 0 Å². The van der Waals surface area contributed by atoms with Crippen molar-refractivity contribution in [1.29, 1.82) is 0 Å². The Balaban J connectivity index is 2.13. The maximum Gasteiger partial charge on any atom is 0.410 e. The molecule has 0 bridgehead atoms. The van der Waals surface area contributed by atoms with Gasteiger partial charge in [-0.3, -0.25) is 14.8 Å². The van der Waals surface area contributed by atoms with E-state index in [1.165, 1.54) is 11.0 Å². The molecular formula is C18H22F2N6O4. The molecule has 0 aliphatic heterocycles. The molecule has 0 spiro atoms. The molecule has 1 amide bonds. The molecule has 0 aliphatic carbocycles. The fourth-order valence-corrected chi connectivity index (χ4v) is 2.39. The van der Waals surface area contributed by atoms with Crippen molar-refractivity contribution in [2.24, 2.45) is 10.2 Å². The average molecular weight is 424 g/mol. The average Bonchev–Trinajstić information content (AvgIpc) is 3.06. The third-order valence-corrected chi connectivity index (χ3v) is 3.79. The van der Waals surface area contributed by atoms with Gasteiger partial charge in [0.1, 0.15) is 6.54 Å². The van der Waals surface area contributed by atoms with Gasteiger partial charge in [0, 0.05) is 19.0 Å². The Morgan fingerprint density at radius 1 is 1.17 bits per heavy atom. The van der Waals surface area contributed by atoms with Gasteiger partial charge in [-0.15, -0.1) is 5.11 Å². The summed E-state index contributed by atoms with van der Waals surface area (Å²) in [5.41, 5.74) is 6.47. The molecule has 0 atom stereocenters. The summed E-state index contributed by atoms with van der Waals surface area (Å²) < 4.78 is 36.1. The summed E-state index contributed by atoms with van der Waals surface area (Å²) >= 11 is 0. The first-order valence-electron chi connectivity index (χ1n) is 9.12. The fraction of sp³-hybridized carbons (Fsp3) is 0.389. The molecule has 0 saturated carbocycles. The van der Waals surface area contributed by atoms with E-state index >= 15 is 0 Å². The number of ether oxygens (including phenoxy) is 2. The standard InChI is InChI=1S/C18H22F2N6O4/c1-3-29-15(27)10-26(18(28)30-4-2)8-7-14-16(17(21)25-23-14)24-22-11-5-6-12(19)13(20)9-11/h5-6,9H,3-4,7-8,10H2,1-2H3,(H3,21,23,25). The Bertz CT molecular complexity index is 918. The summed E-state index contributed by atoms with van der Waals surface area (Å²) in [7, 11) is 0. The third kappa shape index (κ3) is 6.22. The fourth-order valence-electron chi connectivity index (χ4n) is 2.39. The highest BCUT2D eigenvalue weighted by Crippen LogP contribution is 2.27. The van der Waals surface area contributed by atoms with Crippen LogP contribution in [0.25, 0.3) is 0 Å². The van der Waals surface area contributed by atoms with Crippen LogP contribution >= 0.6 is 0 Å². The van der Waals surface area contributed by atoms with Crippen LogP contribution in [0.2, 0.25) is 0 Å². The quantitative estimate of drug-likeness (QED) is 0.469. The number of azo groups is 1. The number of nitrogens with one attached hydrogen (secondary N) is 1. The highest BCUT2D eigenvalue weighted by Gasteiger charge is 2.20. The van der Waals surface area contributed by atoms with E-state index in [0.29, 0.717) is 5.69 Å². The number of hydrogen-bond acceptors (Lipinski definition) is 8. The number of nitrogens with two attached hydrogens (primary N) is 1. The van der Waals surface area contributed by atoms with Crippen LogP contribution in [-0.4, -0.2) is 53.5 Å². The minimum Gasteiger partial charge on any atom is -0.465 e. The van der Waals surface area contributed by atoms with Crippen molar-refractivity contribution < 1.29 is 27.8 Å². The van der Waals surface area contributed by atoms with Crippen molar-refractivity contribution in [1.82, 2.24) is 15.1 Å². The lowest BCUT2D eigenvalue weighted by Gasteiger charge is -2.20. The highest BCUT2D eigenvalue weighted by molar-refractivity contribution is 5.78. The molecule has 2 rings (SSSR count). The molecule has 0 unspecified atom stereocenters. The van der Waals surface area contributed by atoms with E-state index in [1.54, 1.807) is 13.8 Å². The molecule has 1 aromatic heterocycles. The predicted molar refractivity (Wildman–Crippen MR) is 102 cm³/mol. The molecule has 0 radical (unpaired) electrons. The number of aromatic amines is 1. The predicted octanol–water partition coefficient (Wildman–Crippen LogP) is 3.25. The minimum atomic E-state index is -1.06. The Hall–Kier alpha value is -3.57. The van der Waals surface area contributed by atoms with E-state index in [0.717, 1.165) is 12.1 Å². The number of benzene rings is 1. The largest absolute Gasteiger partial charge is 0.465 e. The molecular weight excluding hydrogens is 402 g/mol. The van der Waals surface area contributed by atoms with Crippen LogP contribution < -0.4 is 5.73 Å². The summed E-state index contributed by atoms with van der Waals surface area (Å²) in [4.78, 5) is 25.0. The number of H-pyrrole nitrogens is 1. The van der Waals surface area contributed by atoms with E-state index in [9.17, 15) is 18.4 Å². The highest BCUT2D eigenvalue weighted by atomic mass is 19.2. The Morgan fingerprint density at radius 3 is 2.57 bits per heavy atom. The van der Waals surface area contributed by atoms with Gasteiger partial charge in [0.15, 0.2) is 23.1 Å². The van der Waals surface area contributed by atoms with E-state index in [1.807, 2.05) is 0 Å². The number of amides is 1. The molecule has 0 saturated heterocycles. The van der Waals surface area contributed by atoms with Crippen molar-refractivity contribution >= 4 is 29.3 Å². The van der Waals surface area contributed by atoms with Gasteiger partial charge in [0.05, 0.1) is 24.6 Å². The smallest absolute Gasteiger partial charge is 0.410 e. The summed E-state index contributed by atoms with van der Waals surface area (Å²) in [5.74, 6) is -2.61. The molecule has 1 heterocycles. The second kappa shape index (κ2) is 10.8. The maximum absolute atomic E-state index is 13.3. The van der Waals surface area contributed by atoms with Gasteiger partial charge in [-0.2, -0.15) is 10.2 Å². The van der Waals surface area contributed by atoms with Gasteiger partial charge in [-0.1, -0.05) is 0 Å².